The molecule has 408 valence electrons. The highest BCUT2D eigenvalue weighted by Crippen LogP contribution is 2.37. The lowest BCUT2D eigenvalue weighted by atomic mass is 9.99. The largest absolute Gasteiger partial charge is 0.452 e. The molecule has 0 aromatic heterocycles. The summed E-state index contributed by atoms with van der Waals surface area (Å²) < 4.78 is 31.5. The second-order valence-corrected chi connectivity index (χ2v) is 26.6. The summed E-state index contributed by atoms with van der Waals surface area (Å²) in [5.41, 5.74) is 0.611. The molecule has 3 N–H and O–H groups in total. The summed E-state index contributed by atoms with van der Waals surface area (Å²) >= 11 is 0. The lowest BCUT2D eigenvalue weighted by Crippen LogP contribution is -2.62. The summed E-state index contributed by atoms with van der Waals surface area (Å²) in [6.07, 6.45) is 26.1. The van der Waals surface area contributed by atoms with Gasteiger partial charge in [-0.15, -0.1) is 0 Å². The van der Waals surface area contributed by atoms with Gasteiger partial charge in [0.25, 0.3) is 0 Å². The molecule has 0 aliphatic carbocycles. The number of allylic oxidation sites excluding steroid dienone is 1. The first-order valence-electron chi connectivity index (χ1n) is 28.4. The van der Waals surface area contributed by atoms with Crippen LogP contribution in [-0.4, -0.2) is 92.4 Å². The summed E-state index contributed by atoms with van der Waals surface area (Å²) in [7, 11) is -2.33. The van der Waals surface area contributed by atoms with Gasteiger partial charge in [0.15, 0.2) is 20.7 Å². The Hall–Kier alpha value is -3.39. The van der Waals surface area contributed by atoms with Crippen LogP contribution >= 0.6 is 0 Å². The molecule has 72 heavy (non-hydrogen) atoms. The predicted octanol–water partition coefficient (Wildman–Crippen LogP) is 14.1. The average Bonchev–Trinajstić information content (AvgIpc) is 3.36. The molecule has 2 aromatic carbocycles. The van der Waals surface area contributed by atoms with Crippen LogP contribution in [0.25, 0.3) is 0 Å². The van der Waals surface area contributed by atoms with Crippen molar-refractivity contribution in [3.63, 3.8) is 0 Å². The van der Waals surface area contributed by atoms with Crippen LogP contribution in [-0.2, 0) is 28.2 Å². The highest BCUT2D eigenvalue weighted by molar-refractivity contribution is 6.74. The van der Waals surface area contributed by atoms with E-state index in [-0.39, 0.29) is 36.1 Å². The molecule has 1 fully saturated rings. The first kappa shape index (κ1) is 62.9. The lowest BCUT2D eigenvalue weighted by molar-refractivity contribution is -0.300. The number of rotatable bonds is 39. The van der Waals surface area contributed by atoms with Crippen molar-refractivity contribution in [2.24, 2.45) is 0 Å². The van der Waals surface area contributed by atoms with Crippen molar-refractivity contribution in [1.82, 2.24) is 5.32 Å². The van der Waals surface area contributed by atoms with Crippen molar-refractivity contribution in [3.8, 4) is 0 Å². The fourth-order valence-electron chi connectivity index (χ4n) is 8.75. The fourth-order valence-corrected chi connectivity index (χ4v) is 9.77. The molecule has 1 heterocycles. The van der Waals surface area contributed by atoms with E-state index in [2.05, 4.69) is 53.0 Å². The maximum absolute atomic E-state index is 13.9. The Balaban J connectivity index is 1.81. The molecular formula is C60H99NO10Si. The molecule has 2 aromatic rings. The van der Waals surface area contributed by atoms with Crippen LogP contribution < -0.4 is 5.32 Å². The minimum Gasteiger partial charge on any atom is -0.452 e. The van der Waals surface area contributed by atoms with Crippen LogP contribution in [0.1, 0.15) is 222 Å². The smallest absolute Gasteiger partial charge is 0.338 e. The number of hydrogen-bond donors (Lipinski definition) is 3. The van der Waals surface area contributed by atoms with Gasteiger partial charge >= 0.3 is 11.9 Å². The van der Waals surface area contributed by atoms with Gasteiger partial charge in [-0.1, -0.05) is 218 Å². The Morgan fingerprint density at radius 3 is 1.60 bits per heavy atom. The quantitative estimate of drug-likeness (QED) is 0.0256. The number of unbranched alkanes of at least 4 members (excludes halogenated alkanes) is 23. The Labute approximate surface area is 437 Å². The number of nitrogens with one attached hydrogen (secondary N) is 1. The van der Waals surface area contributed by atoms with E-state index in [0.717, 1.165) is 38.5 Å². The Kier molecular flexibility index (Phi) is 31.9. The molecule has 0 radical (unpaired) electrons. The summed E-state index contributed by atoms with van der Waals surface area (Å²) in [4.78, 5) is 41.2. The molecule has 0 spiro atoms. The number of carbonyl (C=O) groups is 3. The van der Waals surface area contributed by atoms with Gasteiger partial charge in [-0.2, -0.15) is 0 Å². The number of carbonyl (C=O) groups excluding carboxylic acids is 3. The van der Waals surface area contributed by atoms with Gasteiger partial charge in [0.1, 0.15) is 24.4 Å². The van der Waals surface area contributed by atoms with Gasteiger partial charge in [0.2, 0.25) is 5.91 Å². The third-order valence-electron chi connectivity index (χ3n) is 14.6. The van der Waals surface area contributed by atoms with Gasteiger partial charge in [-0.05, 0) is 67.7 Å². The third kappa shape index (κ3) is 25.2. The van der Waals surface area contributed by atoms with Crippen molar-refractivity contribution in [3.05, 3.63) is 83.9 Å². The van der Waals surface area contributed by atoms with Crippen molar-refractivity contribution in [2.45, 2.75) is 263 Å². The van der Waals surface area contributed by atoms with Gasteiger partial charge in [0, 0.05) is 6.42 Å². The molecule has 1 aliphatic heterocycles. The van der Waals surface area contributed by atoms with E-state index in [4.69, 9.17) is 23.4 Å². The van der Waals surface area contributed by atoms with Crippen LogP contribution in [0.2, 0.25) is 18.1 Å². The first-order valence-corrected chi connectivity index (χ1v) is 31.3. The number of aliphatic hydroxyl groups is 2. The first-order chi connectivity index (χ1) is 34.7. The minimum absolute atomic E-state index is 0.0354. The fraction of sp³-hybridized carbons (Fsp3) is 0.717. The maximum Gasteiger partial charge on any atom is 0.338 e. The van der Waals surface area contributed by atoms with Crippen molar-refractivity contribution >= 4 is 26.2 Å². The van der Waals surface area contributed by atoms with Gasteiger partial charge in [0.05, 0.1) is 30.4 Å². The van der Waals surface area contributed by atoms with E-state index in [0.29, 0.717) is 12.0 Å². The summed E-state index contributed by atoms with van der Waals surface area (Å²) in [6.45, 7) is 14.7. The Morgan fingerprint density at radius 2 is 1.11 bits per heavy atom. The second kappa shape index (κ2) is 36.5. The van der Waals surface area contributed by atoms with Crippen molar-refractivity contribution in [2.75, 3.05) is 13.2 Å². The minimum atomic E-state index is -2.33. The van der Waals surface area contributed by atoms with Gasteiger partial charge in [-0.3, -0.25) is 4.79 Å². The lowest BCUT2D eigenvalue weighted by Gasteiger charge is -2.44. The zero-order valence-electron chi connectivity index (χ0n) is 45.9. The van der Waals surface area contributed by atoms with E-state index in [1.54, 1.807) is 54.6 Å². The van der Waals surface area contributed by atoms with E-state index >= 15 is 0 Å². The number of ether oxygens (including phenoxy) is 4. The second-order valence-electron chi connectivity index (χ2n) is 21.8. The normalized spacial score (nSPS) is 19.3. The summed E-state index contributed by atoms with van der Waals surface area (Å²) in [6, 6.07) is 16.2. The van der Waals surface area contributed by atoms with E-state index < -0.39 is 63.1 Å². The molecule has 12 heteroatoms. The number of aliphatic hydroxyl groups excluding tert-OH is 2. The molecular weight excluding hydrogens is 923 g/mol. The molecule has 0 bridgehead atoms. The molecule has 3 rings (SSSR count). The van der Waals surface area contributed by atoms with Crippen LogP contribution in [0.15, 0.2) is 72.8 Å². The number of benzene rings is 2. The average molecular weight is 1020 g/mol. The molecule has 11 nitrogen and oxygen atoms in total. The van der Waals surface area contributed by atoms with E-state index in [9.17, 15) is 24.6 Å². The molecule has 0 saturated carbocycles. The molecule has 7 atom stereocenters. The third-order valence-corrected chi connectivity index (χ3v) is 19.1. The monoisotopic (exact) mass is 1020 g/mol. The molecule has 1 aliphatic rings. The van der Waals surface area contributed by atoms with Crippen molar-refractivity contribution < 1.29 is 48.0 Å². The van der Waals surface area contributed by atoms with Crippen LogP contribution in [0, 0.1) is 0 Å². The van der Waals surface area contributed by atoms with Crippen molar-refractivity contribution in [1.29, 1.82) is 0 Å². The number of amides is 1. The van der Waals surface area contributed by atoms with Crippen LogP contribution in [0.3, 0.4) is 0 Å². The van der Waals surface area contributed by atoms with E-state index in [1.165, 1.54) is 116 Å². The topological polar surface area (TPSA) is 150 Å². The Bertz CT molecular complexity index is 1750. The highest BCUT2D eigenvalue weighted by Gasteiger charge is 2.49. The highest BCUT2D eigenvalue weighted by atomic mass is 28.4. The standard InChI is InChI=1S/C60H99NO10Si/c1-8-10-12-14-16-18-20-22-24-26-28-30-38-44-51(69-57(65)48-40-34-32-35-41-48)50(61-53(62)45-39-31-29-27-25-23-21-19-17-15-13-11-9-2)46-67-59-56(71-58(66)49-42-36-33-37-43-49)55(64)54(63)52(70-59)47-68-72(6,7)60(3,4)5/h32-38,40-44,50-52,54-56,59,63-64H,8-31,39,45-47H2,1-7H3,(H,61,62)/b44-38+/t50-,51+,52+,54-,55-,56+,59+/m0/s1. The molecule has 1 saturated heterocycles. The van der Waals surface area contributed by atoms with Gasteiger partial charge in [-0.25, -0.2) is 9.59 Å². The van der Waals surface area contributed by atoms with Crippen LogP contribution in [0.5, 0.6) is 0 Å². The number of hydrogen-bond acceptors (Lipinski definition) is 10. The summed E-state index contributed by atoms with van der Waals surface area (Å²) in [5.74, 6) is -1.50. The molecule has 0 unspecified atom stereocenters. The zero-order valence-corrected chi connectivity index (χ0v) is 46.9. The summed E-state index contributed by atoms with van der Waals surface area (Å²) in [5, 5.41) is 26.1. The maximum atomic E-state index is 13.9. The number of esters is 2. The van der Waals surface area contributed by atoms with Crippen LogP contribution in [0.4, 0.5) is 0 Å². The Morgan fingerprint density at radius 1 is 0.653 bits per heavy atom. The molecule has 1 amide bonds. The van der Waals surface area contributed by atoms with E-state index in [1.807, 2.05) is 18.2 Å². The SMILES string of the molecule is CCCCCCCCCCCCC/C=C/[C@@H](OC(=O)c1ccccc1)[C@H](CO[C@@H]1O[C@H](CO[Si](C)(C)C(C)(C)C)[C@H](O)[C@H](O)[C@H]1OC(=O)c1ccccc1)NC(=O)CCCCCCCCCCCCCCC. The zero-order chi connectivity index (χ0) is 52.5. The van der Waals surface area contributed by atoms with Gasteiger partial charge < -0.3 is 38.9 Å². The predicted molar refractivity (Wildman–Crippen MR) is 294 cm³/mol.